The lowest BCUT2D eigenvalue weighted by atomic mass is 9.64. The molecule has 2 bridgehead atoms. The summed E-state index contributed by atoms with van der Waals surface area (Å²) in [6, 6.07) is 0. The number of cyclic esters (lactones) is 1. The van der Waals surface area contributed by atoms with Crippen molar-refractivity contribution in [2.24, 2.45) is 17.3 Å². The molecule has 5 heteroatoms. The first kappa shape index (κ1) is 9.86. The van der Waals surface area contributed by atoms with Crippen LogP contribution in [0.25, 0.3) is 0 Å². The van der Waals surface area contributed by atoms with Crippen LogP contribution in [0.5, 0.6) is 0 Å². The maximum Gasteiger partial charge on any atom is 0.313 e. The van der Waals surface area contributed by atoms with Crippen molar-refractivity contribution in [2.75, 3.05) is 6.61 Å². The highest BCUT2D eigenvalue weighted by atomic mass is 127. The highest BCUT2D eigenvalue weighted by Crippen LogP contribution is 2.55. The van der Waals surface area contributed by atoms with E-state index in [-0.39, 0.29) is 33.8 Å². The zero-order valence-electron chi connectivity index (χ0n) is 8.23. The summed E-state index contributed by atoms with van der Waals surface area (Å²) in [5.74, 6) is -0.582. The number of alkyl halides is 1. The number of esters is 2. The van der Waals surface area contributed by atoms with E-state index in [9.17, 15) is 9.59 Å². The van der Waals surface area contributed by atoms with E-state index >= 15 is 0 Å². The first-order valence-corrected chi connectivity index (χ1v) is 6.30. The molecule has 2 heterocycles. The number of hydrogen-bond donors (Lipinski definition) is 0. The largest absolute Gasteiger partial charge is 0.465 e. The topological polar surface area (TPSA) is 52.6 Å². The fraction of sp³-hybridized carbons (Fsp3) is 0.800. The third kappa shape index (κ3) is 1.07. The molecule has 3 fully saturated rings. The van der Waals surface area contributed by atoms with Gasteiger partial charge < -0.3 is 9.47 Å². The minimum Gasteiger partial charge on any atom is -0.465 e. The molecule has 0 aromatic rings. The monoisotopic (exact) mass is 322 g/mol. The summed E-state index contributed by atoms with van der Waals surface area (Å²) < 4.78 is 10.6. The Balaban J connectivity index is 2.08. The Morgan fingerprint density at radius 2 is 2.20 bits per heavy atom. The van der Waals surface area contributed by atoms with Crippen LogP contribution in [0.4, 0.5) is 0 Å². The Kier molecular flexibility index (Phi) is 1.88. The Morgan fingerprint density at radius 3 is 2.93 bits per heavy atom. The van der Waals surface area contributed by atoms with Crippen molar-refractivity contribution in [2.45, 2.75) is 23.4 Å². The molecule has 3 rings (SSSR count). The molecule has 0 spiro atoms. The Labute approximate surface area is 101 Å². The molecule has 0 N–H and O–H groups in total. The zero-order valence-corrected chi connectivity index (χ0v) is 10.4. The number of halogens is 1. The minimum atomic E-state index is -0.634. The van der Waals surface area contributed by atoms with Gasteiger partial charge in [-0.15, -0.1) is 0 Å². The molecular weight excluding hydrogens is 311 g/mol. The van der Waals surface area contributed by atoms with Gasteiger partial charge in [-0.3, -0.25) is 9.59 Å². The lowest BCUT2D eigenvalue weighted by Gasteiger charge is -2.35. The number of ether oxygens (including phenoxy) is 2. The number of carbonyl (C=O) groups is 2. The number of hydrogen-bond acceptors (Lipinski definition) is 4. The van der Waals surface area contributed by atoms with Gasteiger partial charge in [-0.05, 0) is 6.92 Å². The second-order valence-corrected chi connectivity index (χ2v) is 6.22. The van der Waals surface area contributed by atoms with Crippen molar-refractivity contribution >= 4 is 34.5 Å². The van der Waals surface area contributed by atoms with E-state index in [1.165, 1.54) is 0 Å². The third-order valence-electron chi connectivity index (χ3n) is 3.90. The van der Waals surface area contributed by atoms with Crippen LogP contribution >= 0.6 is 22.6 Å². The van der Waals surface area contributed by atoms with E-state index in [1.54, 1.807) is 0 Å². The number of fused-ring (bicyclic) bond motifs is 4. The fourth-order valence-electron chi connectivity index (χ4n) is 3.07. The summed E-state index contributed by atoms with van der Waals surface area (Å²) in [6.07, 6.45) is 0.634. The van der Waals surface area contributed by atoms with Crippen LogP contribution in [0.2, 0.25) is 0 Å². The molecule has 15 heavy (non-hydrogen) atoms. The van der Waals surface area contributed by atoms with Crippen molar-refractivity contribution in [3.05, 3.63) is 0 Å². The molecule has 2 aliphatic heterocycles. The highest BCUT2D eigenvalue weighted by molar-refractivity contribution is 14.1. The Hall–Kier alpha value is -0.330. The Morgan fingerprint density at radius 1 is 1.47 bits per heavy atom. The van der Waals surface area contributed by atoms with E-state index in [2.05, 4.69) is 22.6 Å². The molecule has 2 saturated heterocycles. The van der Waals surface area contributed by atoms with Gasteiger partial charge in [-0.2, -0.15) is 0 Å². The van der Waals surface area contributed by atoms with Gasteiger partial charge in [0.2, 0.25) is 0 Å². The maximum absolute atomic E-state index is 11.8. The first-order chi connectivity index (χ1) is 7.04. The van der Waals surface area contributed by atoms with Gasteiger partial charge in [0.1, 0.15) is 6.10 Å². The predicted molar refractivity (Wildman–Crippen MR) is 58.4 cm³/mol. The molecule has 1 aliphatic carbocycles. The quantitative estimate of drug-likeness (QED) is 0.378. The SMILES string of the molecule is C[C@]12C[C@H](OC1=O)[C@@H](I)[C@H]1COC(=O)[C@H]12. The third-order valence-corrected chi connectivity index (χ3v) is 5.63. The summed E-state index contributed by atoms with van der Waals surface area (Å²) in [4.78, 5) is 23.4. The smallest absolute Gasteiger partial charge is 0.313 e. The molecule has 1 saturated carbocycles. The second-order valence-electron chi connectivity index (χ2n) is 4.78. The van der Waals surface area contributed by atoms with Crippen molar-refractivity contribution in [3.8, 4) is 0 Å². The molecule has 5 atom stereocenters. The zero-order chi connectivity index (χ0) is 10.8. The summed E-state index contributed by atoms with van der Waals surface area (Å²) in [5, 5.41) is 0. The van der Waals surface area contributed by atoms with Crippen LogP contribution in [0, 0.1) is 17.3 Å². The van der Waals surface area contributed by atoms with Gasteiger partial charge in [0.25, 0.3) is 0 Å². The number of carbonyl (C=O) groups excluding carboxylic acids is 2. The minimum absolute atomic E-state index is 0.0288. The summed E-state index contributed by atoms with van der Waals surface area (Å²) >= 11 is 2.28. The number of rotatable bonds is 0. The van der Waals surface area contributed by atoms with Crippen molar-refractivity contribution in [1.29, 1.82) is 0 Å². The van der Waals surface area contributed by atoms with Gasteiger partial charge in [0.05, 0.1) is 21.9 Å². The average molecular weight is 322 g/mol. The van der Waals surface area contributed by atoms with Crippen LogP contribution in [-0.2, 0) is 19.1 Å². The average Bonchev–Trinajstić information content (AvgIpc) is 2.67. The van der Waals surface area contributed by atoms with E-state index in [4.69, 9.17) is 9.47 Å². The summed E-state index contributed by atoms with van der Waals surface area (Å²) in [5.41, 5.74) is -0.634. The summed E-state index contributed by atoms with van der Waals surface area (Å²) in [6.45, 7) is 2.28. The van der Waals surface area contributed by atoms with Crippen LogP contribution < -0.4 is 0 Å². The van der Waals surface area contributed by atoms with Crippen molar-refractivity contribution in [1.82, 2.24) is 0 Å². The lowest BCUT2D eigenvalue weighted by molar-refractivity contribution is -0.155. The van der Waals surface area contributed by atoms with Gasteiger partial charge in [0, 0.05) is 12.3 Å². The standard InChI is InChI=1S/C10H11IO4/c1-10-2-5(15-9(10)13)7(11)4-3-14-8(12)6(4)10/h4-7H,2-3H2,1H3/t4-,5-,6-,7-,10+/m0/s1. The van der Waals surface area contributed by atoms with Gasteiger partial charge >= 0.3 is 11.9 Å². The first-order valence-electron chi connectivity index (χ1n) is 5.06. The molecule has 82 valence electrons. The van der Waals surface area contributed by atoms with Gasteiger partial charge in [-0.1, -0.05) is 22.6 Å². The molecule has 0 amide bonds. The maximum atomic E-state index is 11.8. The lowest BCUT2D eigenvalue weighted by Crippen LogP contribution is -2.46. The highest BCUT2D eigenvalue weighted by Gasteiger charge is 2.65. The molecule has 0 aromatic carbocycles. The van der Waals surface area contributed by atoms with E-state index in [0.29, 0.717) is 13.0 Å². The van der Waals surface area contributed by atoms with Crippen LogP contribution in [0.3, 0.4) is 0 Å². The normalized spacial score (nSPS) is 52.4. The van der Waals surface area contributed by atoms with Gasteiger partial charge in [-0.25, -0.2) is 0 Å². The molecule has 0 radical (unpaired) electrons. The van der Waals surface area contributed by atoms with Crippen LogP contribution in [0.1, 0.15) is 13.3 Å². The molecular formula is C10H11IO4. The molecule has 0 unspecified atom stereocenters. The summed E-state index contributed by atoms with van der Waals surface area (Å²) in [7, 11) is 0. The molecule has 0 aromatic heterocycles. The molecule has 3 aliphatic rings. The Bertz CT molecular complexity index is 355. The fourth-order valence-corrected chi connectivity index (χ4v) is 4.09. The van der Waals surface area contributed by atoms with Crippen LogP contribution in [-0.4, -0.2) is 28.6 Å². The van der Waals surface area contributed by atoms with E-state index in [0.717, 1.165) is 0 Å². The van der Waals surface area contributed by atoms with Crippen molar-refractivity contribution in [3.63, 3.8) is 0 Å². The van der Waals surface area contributed by atoms with Crippen molar-refractivity contribution < 1.29 is 19.1 Å². The predicted octanol–water partition coefficient (Wildman–Crippen LogP) is 0.915. The van der Waals surface area contributed by atoms with Gasteiger partial charge in [0.15, 0.2) is 0 Å². The van der Waals surface area contributed by atoms with Crippen LogP contribution in [0.15, 0.2) is 0 Å². The second kappa shape index (κ2) is 2.87. The van der Waals surface area contributed by atoms with E-state index in [1.807, 2.05) is 6.92 Å². The van der Waals surface area contributed by atoms with E-state index < -0.39 is 5.41 Å². The molecule has 4 nitrogen and oxygen atoms in total.